The van der Waals surface area contributed by atoms with Crippen LogP contribution >= 0.6 is 0 Å². The Labute approximate surface area is 197 Å². The van der Waals surface area contributed by atoms with Crippen molar-refractivity contribution >= 4 is 39.2 Å². The minimum Gasteiger partial charge on any atom is -0.481 e. The molecule has 0 aliphatic carbocycles. The molecule has 13 heteroatoms. The van der Waals surface area contributed by atoms with E-state index in [1.165, 1.54) is 48.5 Å². The van der Waals surface area contributed by atoms with Crippen LogP contribution in [0.5, 0.6) is 5.75 Å². The van der Waals surface area contributed by atoms with E-state index in [1.807, 2.05) is 0 Å². The highest BCUT2D eigenvalue weighted by Crippen LogP contribution is 2.33. The third-order valence-electron chi connectivity index (χ3n) is 4.49. The van der Waals surface area contributed by atoms with E-state index in [4.69, 9.17) is 15.0 Å². The van der Waals surface area contributed by atoms with Gasteiger partial charge in [-0.15, -0.1) is 0 Å². The highest BCUT2D eigenvalue weighted by molar-refractivity contribution is 7.87. The number of carboxylic acids is 1. The fraction of sp³-hybridized carbons (Fsp3) is 0.0909. The molecule has 0 bridgehead atoms. The van der Waals surface area contributed by atoms with Crippen molar-refractivity contribution in [3.05, 3.63) is 77.9 Å². The van der Waals surface area contributed by atoms with Crippen LogP contribution in [0.4, 0.5) is 35.0 Å². The van der Waals surface area contributed by atoms with Crippen molar-refractivity contribution in [3.8, 4) is 5.75 Å². The Kier molecular flexibility index (Phi) is 7.20. The molecule has 0 unspecified atom stereocenters. The molecule has 0 saturated heterocycles. The number of carboxylic acid groups (broad SMARTS) is 1. The van der Waals surface area contributed by atoms with Gasteiger partial charge < -0.3 is 25.7 Å². The molecule has 0 saturated carbocycles. The molecular weight excluding hydrogens is 491 g/mol. The van der Waals surface area contributed by atoms with Crippen LogP contribution in [0.3, 0.4) is 0 Å². The summed E-state index contributed by atoms with van der Waals surface area (Å²) in [6.45, 7) is 0. The first kappa shape index (κ1) is 25.4. The van der Waals surface area contributed by atoms with Crippen LogP contribution in [0, 0.1) is 0 Å². The third-order valence-corrected chi connectivity index (χ3v) is 5.75. The van der Waals surface area contributed by atoms with Crippen LogP contribution in [0.25, 0.3) is 0 Å². The minimum atomic E-state index is -4.58. The summed E-state index contributed by atoms with van der Waals surface area (Å²) < 4.78 is 68.2. The van der Waals surface area contributed by atoms with Crippen molar-refractivity contribution in [2.45, 2.75) is 17.5 Å². The summed E-state index contributed by atoms with van der Waals surface area (Å²) in [4.78, 5) is 22.7. The fourth-order valence-electron chi connectivity index (χ4n) is 2.90. The zero-order valence-electron chi connectivity index (χ0n) is 17.7. The van der Waals surface area contributed by atoms with Crippen molar-refractivity contribution in [2.75, 3.05) is 16.4 Å². The van der Waals surface area contributed by atoms with E-state index in [9.17, 15) is 31.2 Å². The number of anilines is 3. The number of hydrogen-bond acceptors (Lipinski definition) is 6. The largest absolute Gasteiger partial charge is 0.481 e. The SMILES string of the molecule is Nc1cc(C(F)(F)F)ccc1NC(=O)Nc1ccc(S(=O)(=O)Oc2cccc(CC(=O)O)c2)cc1. The first-order valence-corrected chi connectivity index (χ1v) is 11.1. The third kappa shape index (κ3) is 6.86. The predicted molar refractivity (Wildman–Crippen MR) is 121 cm³/mol. The smallest absolute Gasteiger partial charge is 0.416 e. The van der Waals surface area contributed by atoms with E-state index in [0.717, 1.165) is 12.1 Å². The van der Waals surface area contributed by atoms with E-state index < -0.39 is 33.9 Å². The molecule has 35 heavy (non-hydrogen) atoms. The van der Waals surface area contributed by atoms with Gasteiger partial charge in [-0.2, -0.15) is 21.6 Å². The lowest BCUT2D eigenvalue weighted by Crippen LogP contribution is -2.20. The number of hydrogen-bond donors (Lipinski definition) is 4. The van der Waals surface area contributed by atoms with Gasteiger partial charge in [0.1, 0.15) is 10.6 Å². The molecule has 9 nitrogen and oxygen atoms in total. The maximum Gasteiger partial charge on any atom is 0.416 e. The van der Waals surface area contributed by atoms with Gasteiger partial charge >= 0.3 is 28.3 Å². The fourth-order valence-corrected chi connectivity index (χ4v) is 3.82. The van der Waals surface area contributed by atoms with Crippen LogP contribution in [0.1, 0.15) is 11.1 Å². The Morgan fingerprint density at radius 2 is 1.66 bits per heavy atom. The number of alkyl halides is 3. The Bertz CT molecular complexity index is 1360. The Hall–Kier alpha value is -4.26. The van der Waals surface area contributed by atoms with E-state index in [0.29, 0.717) is 11.6 Å². The van der Waals surface area contributed by atoms with Gasteiger partial charge in [0.25, 0.3) is 0 Å². The normalized spacial score (nSPS) is 11.5. The maximum atomic E-state index is 12.7. The summed E-state index contributed by atoms with van der Waals surface area (Å²) in [6.07, 6.45) is -4.89. The summed E-state index contributed by atoms with van der Waals surface area (Å²) in [5.74, 6) is -1.15. The lowest BCUT2D eigenvalue weighted by molar-refractivity contribution is -0.138. The number of halogens is 3. The summed E-state index contributed by atoms with van der Waals surface area (Å²) in [7, 11) is -4.26. The first-order chi connectivity index (χ1) is 16.3. The van der Waals surface area contributed by atoms with E-state index in [2.05, 4.69) is 10.6 Å². The minimum absolute atomic E-state index is 0.0479. The highest BCUT2D eigenvalue weighted by atomic mass is 32.2. The number of benzene rings is 3. The lowest BCUT2D eigenvalue weighted by atomic mass is 10.1. The van der Waals surface area contributed by atoms with Gasteiger partial charge in [-0.1, -0.05) is 12.1 Å². The number of nitrogens with two attached hydrogens (primary N) is 1. The second kappa shape index (κ2) is 9.93. The van der Waals surface area contributed by atoms with Crippen LogP contribution in [-0.2, 0) is 27.5 Å². The van der Waals surface area contributed by atoms with Crippen LogP contribution in [-0.4, -0.2) is 25.5 Å². The Morgan fingerprint density at radius 3 is 2.26 bits per heavy atom. The molecule has 184 valence electrons. The molecule has 3 aromatic rings. The molecule has 3 rings (SSSR count). The zero-order valence-corrected chi connectivity index (χ0v) is 18.5. The van der Waals surface area contributed by atoms with Gasteiger partial charge in [0, 0.05) is 5.69 Å². The van der Waals surface area contributed by atoms with Gasteiger partial charge in [-0.25, -0.2) is 4.79 Å². The number of aliphatic carboxylic acids is 1. The van der Waals surface area contributed by atoms with Crippen molar-refractivity contribution < 1.29 is 40.5 Å². The number of carbonyl (C=O) groups is 2. The van der Waals surface area contributed by atoms with Crippen LogP contribution < -0.4 is 20.6 Å². The van der Waals surface area contributed by atoms with Gasteiger partial charge in [0.15, 0.2) is 0 Å². The molecule has 0 atom stereocenters. The van der Waals surface area contributed by atoms with Gasteiger partial charge in [-0.05, 0) is 60.2 Å². The molecule has 0 radical (unpaired) electrons. The van der Waals surface area contributed by atoms with E-state index >= 15 is 0 Å². The summed E-state index contributed by atoms with van der Waals surface area (Å²) in [5.41, 5.74) is 4.80. The lowest BCUT2D eigenvalue weighted by Gasteiger charge is -2.13. The van der Waals surface area contributed by atoms with Crippen molar-refractivity contribution in [3.63, 3.8) is 0 Å². The number of carbonyl (C=O) groups excluding carboxylic acids is 1. The number of urea groups is 1. The standard InChI is InChI=1S/C22H18F3N3O6S/c23-22(24,25)14-4-9-19(18(26)12-14)28-21(31)27-15-5-7-17(8-6-15)35(32,33)34-16-3-1-2-13(10-16)11-20(29)30/h1-10,12H,11,26H2,(H,29,30)(H2,27,28,31). The predicted octanol–water partition coefficient (Wildman–Crippen LogP) is 4.33. The Balaban J connectivity index is 1.65. The Morgan fingerprint density at radius 1 is 0.971 bits per heavy atom. The average molecular weight is 509 g/mol. The molecular formula is C22H18F3N3O6S. The van der Waals surface area contributed by atoms with Crippen molar-refractivity contribution in [1.29, 1.82) is 0 Å². The van der Waals surface area contributed by atoms with Crippen LogP contribution in [0.2, 0.25) is 0 Å². The highest BCUT2D eigenvalue weighted by Gasteiger charge is 2.30. The molecule has 0 spiro atoms. The van der Waals surface area contributed by atoms with Gasteiger partial charge in [0.05, 0.1) is 23.4 Å². The summed E-state index contributed by atoms with van der Waals surface area (Å²) >= 11 is 0. The monoisotopic (exact) mass is 509 g/mol. The number of amides is 2. The number of nitrogens with one attached hydrogen (secondary N) is 2. The van der Waals surface area contributed by atoms with Crippen molar-refractivity contribution in [2.24, 2.45) is 0 Å². The average Bonchev–Trinajstić information content (AvgIpc) is 2.74. The number of nitrogen functional groups attached to an aromatic ring is 1. The molecule has 0 aliphatic heterocycles. The molecule has 0 fully saturated rings. The van der Waals surface area contributed by atoms with E-state index in [1.54, 1.807) is 0 Å². The molecule has 0 aliphatic rings. The van der Waals surface area contributed by atoms with Gasteiger partial charge in [0.2, 0.25) is 0 Å². The summed E-state index contributed by atoms with van der Waals surface area (Å²) in [6, 6.07) is 12.1. The van der Waals surface area contributed by atoms with Gasteiger partial charge in [-0.3, -0.25) is 4.79 Å². The molecule has 2 amide bonds. The van der Waals surface area contributed by atoms with E-state index in [-0.39, 0.29) is 34.1 Å². The molecule has 0 aromatic heterocycles. The zero-order chi connectivity index (χ0) is 25.8. The first-order valence-electron chi connectivity index (χ1n) is 9.73. The summed E-state index contributed by atoms with van der Waals surface area (Å²) in [5, 5.41) is 13.6. The second-order valence-electron chi connectivity index (χ2n) is 7.16. The number of rotatable bonds is 7. The quantitative estimate of drug-likeness (QED) is 0.274. The van der Waals surface area contributed by atoms with Crippen LogP contribution in [0.15, 0.2) is 71.6 Å². The maximum absolute atomic E-state index is 12.7. The molecule has 3 aromatic carbocycles. The second-order valence-corrected chi connectivity index (χ2v) is 8.70. The molecule has 0 heterocycles. The molecule has 5 N–H and O–H groups in total. The topological polar surface area (TPSA) is 148 Å². The van der Waals surface area contributed by atoms with Crippen molar-refractivity contribution in [1.82, 2.24) is 0 Å².